The monoisotopic (exact) mass is 427 g/mol. The van der Waals surface area contributed by atoms with Gasteiger partial charge in [-0.05, 0) is 36.2 Å². The topological polar surface area (TPSA) is 98.9 Å². The Hall–Kier alpha value is -4.33. The number of benzene rings is 2. The minimum atomic E-state index is -0.743. The fraction of sp³-hybridized carbons (Fsp3) is 0.125. The predicted octanol–water partition coefficient (Wildman–Crippen LogP) is 2.08. The van der Waals surface area contributed by atoms with Gasteiger partial charge in [0.25, 0.3) is 11.5 Å². The second kappa shape index (κ2) is 9.22. The van der Waals surface area contributed by atoms with Crippen molar-refractivity contribution >= 4 is 5.91 Å². The van der Waals surface area contributed by atoms with E-state index >= 15 is 0 Å². The highest BCUT2D eigenvalue weighted by Gasteiger charge is 2.20. The van der Waals surface area contributed by atoms with Gasteiger partial charge in [0.05, 0.1) is 12.2 Å². The molecule has 1 amide bonds. The van der Waals surface area contributed by atoms with Crippen LogP contribution in [0.25, 0.3) is 5.69 Å². The lowest BCUT2D eigenvalue weighted by Crippen LogP contribution is -2.46. The van der Waals surface area contributed by atoms with E-state index in [1.807, 2.05) is 37.3 Å². The van der Waals surface area contributed by atoms with E-state index < -0.39 is 17.2 Å². The second-order valence-corrected chi connectivity index (χ2v) is 7.30. The van der Waals surface area contributed by atoms with Gasteiger partial charge in [0.2, 0.25) is 5.69 Å². The SMILES string of the molecule is Cc1cccc(Cn2c(=O)c(C(=O)NCc3cccnc3)nn(-c3ccccc3)c2=O)c1. The summed E-state index contributed by atoms with van der Waals surface area (Å²) in [5.74, 6) is -0.665. The van der Waals surface area contributed by atoms with Crippen molar-refractivity contribution in [3.8, 4) is 5.69 Å². The van der Waals surface area contributed by atoms with Crippen molar-refractivity contribution in [1.82, 2.24) is 24.6 Å². The molecule has 0 fully saturated rings. The van der Waals surface area contributed by atoms with E-state index in [9.17, 15) is 14.4 Å². The van der Waals surface area contributed by atoms with Gasteiger partial charge < -0.3 is 5.32 Å². The van der Waals surface area contributed by atoms with Crippen LogP contribution in [0.1, 0.15) is 27.2 Å². The van der Waals surface area contributed by atoms with Gasteiger partial charge in [0.15, 0.2) is 0 Å². The summed E-state index contributed by atoms with van der Waals surface area (Å²) in [4.78, 5) is 43.2. The molecular weight excluding hydrogens is 406 g/mol. The van der Waals surface area contributed by atoms with Crippen molar-refractivity contribution in [1.29, 1.82) is 0 Å². The fourth-order valence-corrected chi connectivity index (χ4v) is 3.30. The number of para-hydroxylation sites is 1. The Balaban J connectivity index is 1.77. The maximum absolute atomic E-state index is 13.2. The maximum Gasteiger partial charge on any atom is 0.352 e. The summed E-state index contributed by atoms with van der Waals surface area (Å²) in [6.07, 6.45) is 3.25. The normalized spacial score (nSPS) is 10.7. The third kappa shape index (κ3) is 4.54. The van der Waals surface area contributed by atoms with Crippen LogP contribution in [-0.4, -0.2) is 25.2 Å². The van der Waals surface area contributed by atoms with E-state index in [-0.39, 0.29) is 18.8 Å². The molecule has 0 aliphatic heterocycles. The molecule has 0 unspecified atom stereocenters. The molecule has 32 heavy (non-hydrogen) atoms. The molecule has 2 aromatic heterocycles. The number of hydrogen-bond donors (Lipinski definition) is 1. The van der Waals surface area contributed by atoms with E-state index in [4.69, 9.17) is 0 Å². The Morgan fingerprint density at radius 3 is 2.47 bits per heavy atom. The van der Waals surface area contributed by atoms with E-state index in [1.165, 1.54) is 0 Å². The van der Waals surface area contributed by atoms with E-state index in [0.29, 0.717) is 5.69 Å². The van der Waals surface area contributed by atoms with Crippen molar-refractivity contribution in [2.45, 2.75) is 20.0 Å². The zero-order chi connectivity index (χ0) is 22.5. The number of aromatic nitrogens is 4. The highest BCUT2D eigenvalue weighted by Crippen LogP contribution is 2.06. The summed E-state index contributed by atoms with van der Waals surface area (Å²) in [5.41, 5.74) is 1.29. The highest BCUT2D eigenvalue weighted by molar-refractivity contribution is 5.91. The summed E-state index contributed by atoms with van der Waals surface area (Å²) >= 11 is 0. The van der Waals surface area contributed by atoms with Crippen LogP contribution in [0, 0.1) is 6.92 Å². The Morgan fingerprint density at radius 1 is 0.969 bits per heavy atom. The van der Waals surface area contributed by atoms with Crippen molar-refractivity contribution in [2.75, 3.05) is 0 Å². The number of amides is 1. The lowest BCUT2D eigenvalue weighted by molar-refractivity contribution is 0.0941. The lowest BCUT2D eigenvalue weighted by atomic mass is 10.1. The van der Waals surface area contributed by atoms with Gasteiger partial charge in [-0.3, -0.25) is 19.1 Å². The summed E-state index contributed by atoms with van der Waals surface area (Å²) in [5, 5.41) is 6.80. The van der Waals surface area contributed by atoms with Crippen molar-refractivity contribution in [3.05, 3.63) is 122 Å². The molecule has 4 rings (SSSR count). The molecule has 0 saturated heterocycles. The third-order valence-electron chi connectivity index (χ3n) is 4.87. The molecule has 0 aliphatic carbocycles. The first kappa shape index (κ1) is 20.9. The number of nitrogens with zero attached hydrogens (tertiary/aromatic N) is 4. The van der Waals surface area contributed by atoms with Crippen LogP contribution in [0.15, 0.2) is 88.7 Å². The Bertz CT molecular complexity index is 1360. The smallest absolute Gasteiger partial charge is 0.346 e. The molecule has 0 atom stereocenters. The van der Waals surface area contributed by atoms with Gasteiger partial charge >= 0.3 is 5.69 Å². The van der Waals surface area contributed by atoms with Gasteiger partial charge in [-0.1, -0.05) is 54.1 Å². The van der Waals surface area contributed by atoms with Crippen LogP contribution in [-0.2, 0) is 13.1 Å². The van der Waals surface area contributed by atoms with Gasteiger partial charge in [-0.15, -0.1) is 0 Å². The van der Waals surface area contributed by atoms with E-state index in [1.54, 1.807) is 48.8 Å². The number of hydrogen-bond acceptors (Lipinski definition) is 5. The van der Waals surface area contributed by atoms with Crippen LogP contribution in [0.4, 0.5) is 0 Å². The zero-order valence-corrected chi connectivity index (χ0v) is 17.4. The number of nitrogens with one attached hydrogen (secondary N) is 1. The number of carbonyl (C=O) groups excluding carboxylic acids is 1. The first-order valence-electron chi connectivity index (χ1n) is 10.0. The van der Waals surface area contributed by atoms with Crippen LogP contribution in [0.3, 0.4) is 0 Å². The Morgan fingerprint density at radius 2 is 1.75 bits per heavy atom. The quantitative estimate of drug-likeness (QED) is 0.508. The predicted molar refractivity (Wildman–Crippen MR) is 120 cm³/mol. The lowest BCUT2D eigenvalue weighted by Gasteiger charge is -2.12. The van der Waals surface area contributed by atoms with Gasteiger partial charge in [0, 0.05) is 18.9 Å². The largest absolute Gasteiger partial charge is 0.352 e. The fourth-order valence-electron chi connectivity index (χ4n) is 3.30. The molecule has 0 bridgehead atoms. The molecule has 0 aliphatic rings. The van der Waals surface area contributed by atoms with Crippen molar-refractivity contribution < 1.29 is 4.79 Å². The van der Waals surface area contributed by atoms with Crippen LogP contribution < -0.4 is 16.6 Å². The number of rotatable bonds is 6. The summed E-state index contributed by atoms with van der Waals surface area (Å²) in [7, 11) is 0. The second-order valence-electron chi connectivity index (χ2n) is 7.30. The maximum atomic E-state index is 13.2. The number of carbonyl (C=O) groups is 1. The third-order valence-corrected chi connectivity index (χ3v) is 4.87. The first-order chi connectivity index (χ1) is 15.5. The van der Waals surface area contributed by atoms with Gasteiger partial charge in [0.1, 0.15) is 0 Å². The summed E-state index contributed by atoms with van der Waals surface area (Å²) in [6, 6.07) is 19.7. The van der Waals surface area contributed by atoms with Crippen LogP contribution in [0.2, 0.25) is 0 Å². The average Bonchev–Trinajstić information content (AvgIpc) is 2.81. The molecule has 0 saturated carbocycles. The molecule has 160 valence electrons. The van der Waals surface area contributed by atoms with Gasteiger partial charge in [-0.2, -0.15) is 9.78 Å². The molecule has 2 heterocycles. The molecule has 0 radical (unpaired) electrons. The molecule has 8 heteroatoms. The average molecular weight is 427 g/mol. The van der Waals surface area contributed by atoms with Gasteiger partial charge in [-0.25, -0.2) is 4.79 Å². The summed E-state index contributed by atoms with van der Waals surface area (Å²) in [6.45, 7) is 2.13. The zero-order valence-electron chi connectivity index (χ0n) is 17.4. The van der Waals surface area contributed by atoms with E-state index in [0.717, 1.165) is 25.9 Å². The minimum absolute atomic E-state index is 0.0254. The molecule has 8 nitrogen and oxygen atoms in total. The van der Waals surface area contributed by atoms with Crippen LogP contribution >= 0.6 is 0 Å². The number of aryl methyl sites for hydroxylation is 1. The Labute approximate surface area is 183 Å². The molecule has 2 aromatic carbocycles. The first-order valence-corrected chi connectivity index (χ1v) is 10.0. The standard InChI is InChI=1S/C24H21N5O3/c1-17-7-5-8-18(13-17)16-28-23(31)21(22(30)26-15-19-9-6-12-25-14-19)27-29(24(28)32)20-10-3-2-4-11-20/h2-14H,15-16H2,1H3,(H,26,30). The molecule has 0 spiro atoms. The highest BCUT2D eigenvalue weighted by atomic mass is 16.2. The van der Waals surface area contributed by atoms with E-state index in [2.05, 4.69) is 15.4 Å². The molecule has 4 aromatic rings. The summed E-state index contributed by atoms with van der Waals surface area (Å²) < 4.78 is 2.12. The molecule has 1 N–H and O–H groups in total. The number of pyridine rings is 1. The minimum Gasteiger partial charge on any atom is -0.346 e. The van der Waals surface area contributed by atoms with Crippen molar-refractivity contribution in [3.63, 3.8) is 0 Å². The molecular formula is C24H21N5O3. The van der Waals surface area contributed by atoms with Crippen molar-refractivity contribution in [2.24, 2.45) is 0 Å². The van der Waals surface area contributed by atoms with Crippen LogP contribution in [0.5, 0.6) is 0 Å². The Kier molecular flexibility index (Phi) is 6.03.